The van der Waals surface area contributed by atoms with Gasteiger partial charge in [0.05, 0.1) is 5.52 Å². The SMILES string of the molecule is O=C(C=Cc1ccc(C(=O)N2CCN(c3ccncc3)CC2)cc1)c1ccc2ccccc2n1. The van der Waals surface area contributed by atoms with Crippen molar-refractivity contribution in [2.24, 2.45) is 0 Å². The van der Waals surface area contributed by atoms with Gasteiger partial charge in [0.15, 0.2) is 0 Å². The van der Waals surface area contributed by atoms with Crippen LogP contribution in [-0.2, 0) is 0 Å². The molecular weight excluding hydrogens is 424 g/mol. The van der Waals surface area contributed by atoms with E-state index in [0.717, 1.165) is 35.2 Å². The maximum Gasteiger partial charge on any atom is 0.253 e. The molecule has 4 aromatic rings. The van der Waals surface area contributed by atoms with Crippen molar-refractivity contribution < 1.29 is 9.59 Å². The molecule has 2 aromatic heterocycles. The minimum Gasteiger partial charge on any atom is -0.368 e. The van der Waals surface area contributed by atoms with Gasteiger partial charge in [0.1, 0.15) is 5.69 Å². The molecular formula is C28H24N4O2. The summed E-state index contributed by atoms with van der Waals surface area (Å²) in [5.41, 5.74) is 3.84. The van der Waals surface area contributed by atoms with Crippen LogP contribution >= 0.6 is 0 Å². The zero-order chi connectivity index (χ0) is 23.3. The molecule has 0 radical (unpaired) electrons. The Labute approximate surface area is 198 Å². The van der Waals surface area contributed by atoms with E-state index in [1.807, 2.05) is 71.6 Å². The lowest BCUT2D eigenvalue weighted by molar-refractivity contribution is 0.0746. The topological polar surface area (TPSA) is 66.4 Å². The number of fused-ring (bicyclic) bond motifs is 1. The molecule has 5 rings (SSSR count). The lowest BCUT2D eigenvalue weighted by Gasteiger charge is -2.36. The lowest BCUT2D eigenvalue weighted by Crippen LogP contribution is -2.48. The summed E-state index contributed by atoms with van der Waals surface area (Å²) >= 11 is 0. The predicted molar refractivity (Wildman–Crippen MR) is 134 cm³/mol. The highest BCUT2D eigenvalue weighted by molar-refractivity contribution is 6.06. The third-order valence-electron chi connectivity index (χ3n) is 6.03. The Kier molecular flexibility index (Phi) is 6.12. The highest BCUT2D eigenvalue weighted by atomic mass is 16.2. The predicted octanol–water partition coefficient (Wildman–Crippen LogP) is 4.49. The van der Waals surface area contributed by atoms with Crippen LogP contribution in [-0.4, -0.2) is 52.7 Å². The smallest absolute Gasteiger partial charge is 0.253 e. The fourth-order valence-electron chi connectivity index (χ4n) is 4.10. The number of carbonyl (C=O) groups excluding carboxylic acids is 2. The molecule has 0 unspecified atom stereocenters. The summed E-state index contributed by atoms with van der Waals surface area (Å²) in [6, 6.07) is 22.7. The van der Waals surface area contributed by atoms with E-state index < -0.39 is 0 Å². The Morgan fingerprint density at radius 3 is 2.29 bits per heavy atom. The summed E-state index contributed by atoms with van der Waals surface area (Å²) in [5.74, 6) is -0.126. The largest absolute Gasteiger partial charge is 0.368 e. The monoisotopic (exact) mass is 448 g/mol. The van der Waals surface area contributed by atoms with E-state index in [0.29, 0.717) is 24.3 Å². The number of allylic oxidation sites excluding steroid dienone is 1. The minimum absolute atomic E-state index is 0.0290. The Morgan fingerprint density at radius 2 is 1.53 bits per heavy atom. The molecule has 6 heteroatoms. The van der Waals surface area contributed by atoms with E-state index >= 15 is 0 Å². The van der Waals surface area contributed by atoms with E-state index in [1.165, 1.54) is 6.08 Å². The number of aromatic nitrogens is 2. The number of hydrogen-bond donors (Lipinski definition) is 0. The van der Waals surface area contributed by atoms with Crippen LogP contribution < -0.4 is 4.90 Å². The van der Waals surface area contributed by atoms with Gasteiger partial charge in [-0.2, -0.15) is 0 Å². The van der Waals surface area contributed by atoms with Gasteiger partial charge in [-0.15, -0.1) is 0 Å². The van der Waals surface area contributed by atoms with Crippen LogP contribution in [0.3, 0.4) is 0 Å². The molecule has 34 heavy (non-hydrogen) atoms. The quantitative estimate of drug-likeness (QED) is 0.333. The van der Waals surface area contributed by atoms with Crippen LogP contribution in [0.25, 0.3) is 17.0 Å². The molecule has 0 saturated carbocycles. The Balaban J connectivity index is 1.20. The number of hydrogen-bond acceptors (Lipinski definition) is 5. The fourth-order valence-corrected chi connectivity index (χ4v) is 4.10. The molecule has 0 bridgehead atoms. The van der Waals surface area contributed by atoms with E-state index in [-0.39, 0.29) is 11.7 Å². The van der Waals surface area contributed by atoms with Gasteiger partial charge in [0.2, 0.25) is 5.78 Å². The van der Waals surface area contributed by atoms with Gasteiger partial charge in [-0.05, 0) is 48.0 Å². The molecule has 0 aliphatic carbocycles. The number of nitrogens with zero attached hydrogens (tertiary/aromatic N) is 4. The second-order valence-electron chi connectivity index (χ2n) is 8.19. The highest BCUT2D eigenvalue weighted by Gasteiger charge is 2.22. The van der Waals surface area contributed by atoms with Gasteiger partial charge in [-0.3, -0.25) is 14.6 Å². The Hall–Kier alpha value is -4.32. The van der Waals surface area contributed by atoms with Crippen LogP contribution in [0.4, 0.5) is 5.69 Å². The van der Waals surface area contributed by atoms with E-state index in [4.69, 9.17) is 0 Å². The lowest BCUT2D eigenvalue weighted by atomic mass is 10.1. The van der Waals surface area contributed by atoms with Crippen molar-refractivity contribution in [2.45, 2.75) is 0 Å². The van der Waals surface area contributed by atoms with Crippen molar-refractivity contribution in [3.63, 3.8) is 0 Å². The first-order valence-corrected chi connectivity index (χ1v) is 11.3. The molecule has 1 saturated heterocycles. The third-order valence-corrected chi connectivity index (χ3v) is 6.03. The molecule has 168 valence electrons. The molecule has 1 aliphatic heterocycles. The summed E-state index contributed by atoms with van der Waals surface area (Å²) in [6.07, 6.45) is 6.84. The number of ketones is 1. The van der Waals surface area contributed by atoms with Crippen molar-refractivity contribution in [2.75, 3.05) is 31.1 Å². The van der Waals surface area contributed by atoms with E-state index in [2.05, 4.69) is 14.9 Å². The summed E-state index contributed by atoms with van der Waals surface area (Å²) in [7, 11) is 0. The maximum atomic E-state index is 12.9. The van der Waals surface area contributed by atoms with Crippen LogP contribution in [0.15, 0.2) is 91.3 Å². The Morgan fingerprint density at radius 1 is 0.794 bits per heavy atom. The van der Waals surface area contributed by atoms with Crippen molar-refractivity contribution in [1.82, 2.24) is 14.9 Å². The second kappa shape index (κ2) is 9.67. The number of carbonyl (C=O) groups is 2. The van der Waals surface area contributed by atoms with E-state index in [9.17, 15) is 9.59 Å². The van der Waals surface area contributed by atoms with Gasteiger partial charge >= 0.3 is 0 Å². The first-order chi connectivity index (χ1) is 16.7. The molecule has 0 spiro atoms. The molecule has 3 heterocycles. The molecule has 0 atom stereocenters. The number of benzene rings is 2. The minimum atomic E-state index is -0.155. The summed E-state index contributed by atoms with van der Waals surface area (Å²) in [5, 5.41) is 1.00. The number of para-hydroxylation sites is 1. The summed E-state index contributed by atoms with van der Waals surface area (Å²) < 4.78 is 0. The highest BCUT2D eigenvalue weighted by Crippen LogP contribution is 2.17. The van der Waals surface area contributed by atoms with Crippen molar-refractivity contribution >= 4 is 34.4 Å². The van der Waals surface area contributed by atoms with Gasteiger partial charge in [-0.25, -0.2) is 4.98 Å². The summed E-state index contributed by atoms with van der Waals surface area (Å²) in [6.45, 7) is 2.94. The molecule has 2 aromatic carbocycles. The molecule has 0 N–H and O–H groups in total. The first kappa shape index (κ1) is 21.5. The van der Waals surface area contributed by atoms with Crippen LogP contribution in [0, 0.1) is 0 Å². The fraction of sp³-hybridized carbons (Fsp3) is 0.143. The Bertz CT molecular complexity index is 1340. The molecule has 1 amide bonds. The third kappa shape index (κ3) is 4.71. The molecule has 1 fully saturated rings. The zero-order valence-electron chi connectivity index (χ0n) is 18.7. The van der Waals surface area contributed by atoms with Gasteiger partial charge < -0.3 is 9.80 Å². The van der Waals surface area contributed by atoms with Crippen LogP contribution in [0.1, 0.15) is 26.4 Å². The van der Waals surface area contributed by atoms with Crippen molar-refractivity contribution in [3.05, 3.63) is 108 Å². The zero-order valence-corrected chi connectivity index (χ0v) is 18.7. The van der Waals surface area contributed by atoms with Crippen LogP contribution in [0.5, 0.6) is 0 Å². The van der Waals surface area contributed by atoms with Crippen LogP contribution in [0.2, 0.25) is 0 Å². The number of rotatable bonds is 5. The normalized spacial score (nSPS) is 14.0. The number of pyridine rings is 2. The number of piperazine rings is 1. The standard InChI is InChI=1S/C28H24N4O2/c33-27(26-11-10-22-3-1-2-4-25(22)30-26)12-7-21-5-8-23(9-6-21)28(34)32-19-17-31(18-20-32)24-13-15-29-16-14-24/h1-16H,17-20H2. The molecule has 1 aliphatic rings. The average molecular weight is 449 g/mol. The molecule has 6 nitrogen and oxygen atoms in total. The van der Waals surface area contributed by atoms with Crippen molar-refractivity contribution in [3.8, 4) is 0 Å². The first-order valence-electron chi connectivity index (χ1n) is 11.3. The number of amides is 1. The average Bonchev–Trinajstić information content (AvgIpc) is 2.92. The summed E-state index contributed by atoms with van der Waals surface area (Å²) in [4.78, 5) is 38.1. The second-order valence-corrected chi connectivity index (χ2v) is 8.19. The van der Waals surface area contributed by atoms with Gasteiger partial charge in [-0.1, -0.05) is 42.5 Å². The number of anilines is 1. The van der Waals surface area contributed by atoms with Gasteiger partial charge in [0, 0.05) is 55.2 Å². The van der Waals surface area contributed by atoms with E-state index in [1.54, 1.807) is 24.5 Å². The van der Waals surface area contributed by atoms with Crippen molar-refractivity contribution in [1.29, 1.82) is 0 Å². The van der Waals surface area contributed by atoms with Gasteiger partial charge in [0.25, 0.3) is 5.91 Å². The maximum absolute atomic E-state index is 12.9.